The monoisotopic (exact) mass is 349 g/mol. The molecule has 1 aliphatic carbocycles. The van der Waals surface area contributed by atoms with Gasteiger partial charge in [-0.05, 0) is 33.1 Å². The fourth-order valence-corrected chi connectivity index (χ4v) is 3.58. The van der Waals surface area contributed by atoms with E-state index >= 15 is 0 Å². The smallest absolute Gasteiger partial charge is 0.315 e. The van der Waals surface area contributed by atoms with Gasteiger partial charge in [-0.3, -0.25) is 9.48 Å². The molecule has 1 atom stereocenters. The van der Waals surface area contributed by atoms with Crippen molar-refractivity contribution >= 4 is 11.9 Å². The summed E-state index contributed by atoms with van der Waals surface area (Å²) in [6, 6.07) is -0.286. The number of nitrogens with zero attached hydrogens (tertiary/aromatic N) is 2. The van der Waals surface area contributed by atoms with Crippen molar-refractivity contribution in [3.63, 3.8) is 0 Å². The van der Waals surface area contributed by atoms with Gasteiger partial charge in [0.2, 0.25) is 5.91 Å². The van der Waals surface area contributed by atoms with Crippen molar-refractivity contribution < 1.29 is 9.59 Å². The number of aryl methyl sites for hydroxylation is 2. The second-order valence-electron chi connectivity index (χ2n) is 6.84. The zero-order valence-electron chi connectivity index (χ0n) is 15.8. The molecule has 140 valence electrons. The third-order valence-corrected chi connectivity index (χ3v) is 5.06. The molecule has 3 N–H and O–H groups in total. The number of nitrogens with one attached hydrogen (secondary N) is 3. The van der Waals surface area contributed by atoms with Gasteiger partial charge in [-0.2, -0.15) is 5.10 Å². The molecule has 1 heterocycles. The highest BCUT2D eigenvalue weighted by Crippen LogP contribution is 2.24. The van der Waals surface area contributed by atoms with Crippen LogP contribution in [0.1, 0.15) is 62.0 Å². The van der Waals surface area contributed by atoms with Crippen molar-refractivity contribution in [2.45, 2.75) is 58.9 Å². The van der Waals surface area contributed by atoms with E-state index < -0.39 is 0 Å². The Hall–Kier alpha value is -2.05. The van der Waals surface area contributed by atoms with Crippen LogP contribution < -0.4 is 16.0 Å². The molecule has 0 spiro atoms. The van der Waals surface area contributed by atoms with Crippen LogP contribution in [-0.2, 0) is 11.8 Å². The van der Waals surface area contributed by atoms with E-state index in [9.17, 15) is 9.59 Å². The number of carbonyl (C=O) groups excluding carboxylic acids is 2. The summed E-state index contributed by atoms with van der Waals surface area (Å²) >= 11 is 0. The van der Waals surface area contributed by atoms with Crippen LogP contribution in [0.3, 0.4) is 0 Å². The highest BCUT2D eigenvalue weighted by atomic mass is 16.2. The van der Waals surface area contributed by atoms with Gasteiger partial charge in [0.25, 0.3) is 0 Å². The number of hydrogen-bond acceptors (Lipinski definition) is 3. The Morgan fingerprint density at radius 2 is 1.84 bits per heavy atom. The molecular weight excluding hydrogens is 318 g/mol. The zero-order valence-corrected chi connectivity index (χ0v) is 15.8. The number of hydrogen-bond donors (Lipinski definition) is 3. The lowest BCUT2D eigenvalue weighted by molar-refractivity contribution is -0.124. The van der Waals surface area contributed by atoms with Crippen LogP contribution in [-0.4, -0.2) is 34.8 Å². The first kappa shape index (κ1) is 19.3. The van der Waals surface area contributed by atoms with Gasteiger partial charge >= 0.3 is 6.03 Å². The molecule has 0 aromatic carbocycles. The van der Waals surface area contributed by atoms with E-state index in [1.54, 1.807) is 0 Å². The molecule has 0 unspecified atom stereocenters. The molecule has 0 bridgehead atoms. The summed E-state index contributed by atoms with van der Waals surface area (Å²) in [4.78, 5) is 24.1. The Labute approximate surface area is 149 Å². The lowest BCUT2D eigenvalue weighted by Crippen LogP contribution is -2.42. The zero-order chi connectivity index (χ0) is 18.4. The standard InChI is InChI=1S/C18H31N5O2/c1-5-15(16-12(2)22-23(4)13(16)3)21-18(25)20-11-10-19-17(24)14-8-6-7-9-14/h14-15H,5-11H2,1-4H3,(H,19,24)(H2,20,21,25)/t15-/m1/s1. The van der Waals surface area contributed by atoms with Crippen molar-refractivity contribution in [2.75, 3.05) is 13.1 Å². The average molecular weight is 349 g/mol. The molecule has 0 aliphatic heterocycles. The van der Waals surface area contributed by atoms with Crippen LogP contribution in [0.5, 0.6) is 0 Å². The predicted molar refractivity (Wildman–Crippen MR) is 97.2 cm³/mol. The largest absolute Gasteiger partial charge is 0.354 e. The topological polar surface area (TPSA) is 88.1 Å². The van der Waals surface area contributed by atoms with Gasteiger partial charge in [-0.25, -0.2) is 4.79 Å². The van der Waals surface area contributed by atoms with Gasteiger partial charge in [0.1, 0.15) is 0 Å². The highest BCUT2D eigenvalue weighted by Gasteiger charge is 2.22. The summed E-state index contributed by atoms with van der Waals surface area (Å²) in [6.07, 6.45) is 5.05. The summed E-state index contributed by atoms with van der Waals surface area (Å²) in [5.41, 5.74) is 3.08. The minimum Gasteiger partial charge on any atom is -0.354 e. The van der Waals surface area contributed by atoms with Crippen molar-refractivity contribution in [3.8, 4) is 0 Å². The maximum Gasteiger partial charge on any atom is 0.315 e. The van der Waals surface area contributed by atoms with Gasteiger partial charge < -0.3 is 16.0 Å². The quantitative estimate of drug-likeness (QED) is 0.659. The number of urea groups is 1. The lowest BCUT2D eigenvalue weighted by atomic mass is 10.0. The summed E-state index contributed by atoms with van der Waals surface area (Å²) in [7, 11) is 1.91. The highest BCUT2D eigenvalue weighted by molar-refractivity contribution is 5.79. The molecule has 7 nitrogen and oxygen atoms in total. The third-order valence-electron chi connectivity index (χ3n) is 5.06. The predicted octanol–water partition coefficient (Wildman–Crippen LogP) is 2.09. The van der Waals surface area contributed by atoms with Crippen molar-refractivity contribution in [1.29, 1.82) is 0 Å². The Morgan fingerprint density at radius 3 is 2.40 bits per heavy atom. The van der Waals surface area contributed by atoms with Gasteiger partial charge in [-0.15, -0.1) is 0 Å². The van der Waals surface area contributed by atoms with Crippen LogP contribution in [0.15, 0.2) is 0 Å². The molecule has 2 rings (SSSR count). The maximum atomic E-state index is 12.2. The van der Waals surface area contributed by atoms with Crippen LogP contribution in [0, 0.1) is 19.8 Å². The Bertz CT molecular complexity index is 605. The summed E-state index contributed by atoms with van der Waals surface area (Å²) in [5.74, 6) is 0.280. The molecule has 0 radical (unpaired) electrons. The van der Waals surface area contributed by atoms with Gasteiger partial charge in [0.15, 0.2) is 0 Å². The third kappa shape index (κ3) is 4.96. The Morgan fingerprint density at radius 1 is 1.20 bits per heavy atom. The molecule has 3 amide bonds. The number of aromatic nitrogens is 2. The van der Waals surface area contributed by atoms with E-state index in [4.69, 9.17) is 0 Å². The van der Waals surface area contributed by atoms with Crippen LogP contribution in [0.2, 0.25) is 0 Å². The molecule has 25 heavy (non-hydrogen) atoms. The summed E-state index contributed by atoms with van der Waals surface area (Å²) in [5, 5.41) is 13.1. The van der Waals surface area contributed by atoms with Crippen molar-refractivity contribution in [1.82, 2.24) is 25.7 Å². The van der Waals surface area contributed by atoms with E-state index in [0.717, 1.165) is 49.1 Å². The molecule has 1 saturated carbocycles. The number of carbonyl (C=O) groups is 2. The summed E-state index contributed by atoms with van der Waals surface area (Å²) in [6.45, 7) is 6.90. The van der Waals surface area contributed by atoms with E-state index in [-0.39, 0.29) is 23.9 Å². The molecule has 1 fully saturated rings. The summed E-state index contributed by atoms with van der Waals surface area (Å²) < 4.78 is 1.84. The first-order valence-corrected chi connectivity index (χ1v) is 9.26. The van der Waals surface area contributed by atoms with E-state index in [2.05, 4.69) is 21.0 Å². The fourth-order valence-electron chi connectivity index (χ4n) is 3.58. The van der Waals surface area contributed by atoms with Crippen molar-refractivity contribution in [3.05, 3.63) is 17.0 Å². The second kappa shape index (κ2) is 8.87. The fraction of sp³-hybridized carbons (Fsp3) is 0.722. The normalized spacial score (nSPS) is 15.8. The Balaban J connectivity index is 1.75. The molecule has 1 aliphatic rings. The first-order chi connectivity index (χ1) is 11.9. The van der Waals surface area contributed by atoms with Gasteiger partial charge in [0, 0.05) is 37.3 Å². The lowest BCUT2D eigenvalue weighted by Gasteiger charge is -2.18. The SMILES string of the molecule is CC[C@@H](NC(=O)NCCNC(=O)C1CCCC1)c1c(C)nn(C)c1C. The average Bonchev–Trinajstić information content (AvgIpc) is 3.19. The Kier molecular flexibility index (Phi) is 6.84. The molecule has 1 aromatic heterocycles. The molecule has 7 heteroatoms. The minimum atomic E-state index is -0.218. The van der Waals surface area contributed by atoms with E-state index in [1.165, 1.54) is 0 Å². The molecule has 0 saturated heterocycles. The second-order valence-corrected chi connectivity index (χ2v) is 6.84. The molecule has 1 aromatic rings. The van der Waals surface area contributed by atoms with E-state index in [1.807, 2.05) is 32.5 Å². The first-order valence-electron chi connectivity index (χ1n) is 9.26. The number of amides is 3. The van der Waals surface area contributed by atoms with Gasteiger partial charge in [-0.1, -0.05) is 19.8 Å². The van der Waals surface area contributed by atoms with Gasteiger partial charge in [0.05, 0.1) is 11.7 Å². The van der Waals surface area contributed by atoms with E-state index in [0.29, 0.717) is 13.1 Å². The van der Waals surface area contributed by atoms with Crippen LogP contribution >= 0.6 is 0 Å². The molecular formula is C18H31N5O2. The van der Waals surface area contributed by atoms with Crippen molar-refractivity contribution in [2.24, 2.45) is 13.0 Å². The number of rotatable bonds is 7. The van der Waals surface area contributed by atoms with Crippen LogP contribution in [0.4, 0.5) is 4.79 Å². The minimum absolute atomic E-state index is 0.0678. The maximum absolute atomic E-state index is 12.2. The van der Waals surface area contributed by atoms with Crippen LogP contribution in [0.25, 0.3) is 0 Å².